The van der Waals surface area contributed by atoms with E-state index in [0.29, 0.717) is 13.0 Å². The molecule has 1 aromatic rings. The van der Waals surface area contributed by atoms with Gasteiger partial charge in [-0.2, -0.15) is 0 Å². The van der Waals surface area contributed by atoms with Crippen molar-refractivity contribution in [2.24, 2.45) is 0 Å². The number of carbonyl (C=O) groups excluding carboxylic acids is 1. The van der Waals surface area contributed by atoms with E-state index in [1.165, 1.54) is 12.1 Å². The highest BCUT2D eigenvalue weighted by Gasteiger charge is 2.23. The van der Waals surface area contributed by atoms with Crippen molar-refractivity contribution in [2.75, 3.05) is 20.1 Å². The van der Waals surface area contributed by atoms with E-state index >= 15 is 0 Å². The van der Waals surface area contributed by atoms with Gasteiger partial charge in [-0.15, -0.1) is 0 Å². The summed E-state index contributed by atoms with van der Waals surface area (Å²) < 4.78 is 0. The van der Waals surface area contributed by atoms with Crippen LogP contribution in [0.4, 0.5) is 0 Å². The molecule has 1 rings (SSSR count). The van der Waals surface area contributed by atoms with E-state index < -0.39 is 30.6 Å². The molecule has 7 nitrogen and oxygen atoms in total. The van der Waals surface area contributed by atoms with E-state index in [4.69, 9.17) is 5.11 Å². The molecule has 0 aliphatic rings. The van der Waals surface area contributed by atoms with Gasteiger partial charge in [0.15, 0.2) is 0 Å². The summed E-state index contributed by atoms with van der Waals surface area (Å²) in [5.74, 6) is -1.76. The number of amides is 1. The average molecular weight is 296 g/mol. The van der Waals surface area contributed by atoms with Crippen LogP contribution in [0.5, 0.6) is 0 Å². The number of carboxylic acids is 1. The number of aliphatic hydroxyl groups is 2. The topological polar surface area (TPSA) is 119 Å². The second-order valence-corrected chi connectivity index (χ2v) is 4.57. The van der Waals surface area contributed by atoms with Crippen LogP contribution in [0, 0.1) is 0 Å². The maximum atomic E-state index is 11.9. The van der Waals surface area contributed by atoms with E-state index in [9.17, 15) is 19.8 Å². The maximum Gasteiger partial charge on any atom is 0.322 e. The summed E-state index contributed by atoms with van der Waals surface area (Å²) in [6, 6.07) is 6.24. The zero-order valence-electron chi connectivity index (χ0n) is 11.7. The van der Waals surface area contributed by atoms with Crippen molar-refractivity contribution in [3.8, 4) is 0 Å². The first-order valence-electron chi connectivity index (χ1n) is 6.57. The Morgan fingerprint density at radius 1 is 1.24 bits per heavy atom. The summed E-state index contributed by atoms with van der Waals surface area (Å²) in [4.78, 5) is 22.4. The minimum absolute atomic E-state index is 0.148. The van der Waals surface area contributed by atoms with Crippen molar-refractivity contribution in [2.45, 2.75) is 18.6 Å². The van der Waals surface area contributed by atoms with E-state index in [2.05, 4.69) is 10.6 Å². The molecule has 0 fully saturated rings. The number of carbonyl (C=O) groups is 2. The largest absolute Gasteiger partial charge is 0.480 e. The van der Waals surface area contributed by atoms with Crippen LogP contribution in [-0.2, 0) is 4.79 Å². The van der Waals surface area contributed by atoms with Gasteiger partial charge < -0.3 is 26.0 Å². The highest BCUT2D eigenvalue weighted by atomic mass is 16.4. The van der Waals surface area contributed by atoms with Gasteiger partial charge >= 0.3 is 5.97 Å². The highest BCUT2D eigenvalue weighted by molar-refractivity contribution is 5.97. The Balaban J connectivity index is 2.87. The van der Waals surface area contributed by atoms with Crippen molar-refractivity contribution >= 4 is 11.9 Å². The van der Waals surface area contributed by atoms with Crippen LogP contribution in [0.15, 0.2) is 24.3 Å². The molecule has 0 aromatic heterocycles. The lowest BCUT2D eigenvalue weighted by Crippen LogP contribution is -2.31. The molecule has 0 radical (unpaired) electrons. The lowest BCUT2D eigenvalue weighted by atomic mass is 9.96. The molecule has 0 spiro atoms. The van der Waals surface area contributed by atoms with Crippen molar-refractivity contribution in [3.63, 3.8) is 0 Å². The van der Waals surface area contributed by atoms with Crippen LogP contribution in [0.1, 0.15) is 28.4 Å². The zero-order chi connectivity index (χ0) is 15.8. The Bertz CT molecular complexity index is 492. The summed E-state index contributed by atoms with van der Waals surface area (Å²) in [5.41, 5.74) is 0.416. The number of hydrogen-bond donors (Lipinski definition) is 5. The standard InChI is InChI=1S/C14H20N2O5/c1-15-7-6-11(17)13(20)9-4-2-3-5-10(9)14(21)16-8-12(18)19/h2-5,11,13,15,17,20H,6-8H2,1H3,(H,16,21)(H,18,19). The lowest BCUT2D eigenvalue weighted by Gasteiger charge is -2.20. The number of nitrogens with one attached hydrogen (secondary N) is 2. The minimum Gasteiger partial charge on any atom is -0.480 e. The fourth-order valence-corrected chi connectivity index (χ4v) is 1.87. The number of benzene rings is 1. The van der Waals surface area contributed by atoms with Gasteiger partial charge in [0.1, 0.15) is 12.6 Å². The molecule has 1 amide bonds. The Hall–Kier alpha value is -1.96. The third-order valence-corrected chi connectivity index (χ3v) is 2.98. The third kappa shape index (κ3) is 5.14. The molecule has 0 bridgehead atoms. The number of rotatable bonds is 8. The van der Waals surface area contributed by atoms with Crippen LogP contribution in [0.3, 0.4) is 0 Å². The SMILES string of the molecule is CNCCC(O)C(O)c1ccccc1C(=O)NCC(=O)O. The smallest absolute Gasteiger partial charge is 0.322 e. The molecule has 0 aliphatic heterocycles. The zero-order valence-corrected chi connectivity index (χ0v) is 11.7. The van der Waals surface area contributed by atoms with Gasteiger partial charge in [-0.3, -0.25) is 9.59 Å². The number of hydrogen-bond acceptors (Lipinski definition) is 5. The molecule has 1 aromatic carbocycles. The molecule has 0 aliphatic carbocycles. The van der Waals surface area contributed by atoms with Crippen LogP contribution in [0.25, 0.3) is 0 Å². The van der Waals surface area contributed by atoms with Gasteiger partial charge in [-0.1, -0.05) is 18.2 Å². The molecule has 5 N–H and O–H groups in total. The van der Waals surface area contributed by atoms with Gasteiger partial charge in [0.25, 0.3) is 5.91 Å². The van der Waals surface area contributed by atoms with Crippen LogP contribution in [0.2, 0.25) is 0 Å². The van der Waals surface area contributed by atoms with Gasteiger partial charge in [0, 0.05) is 5.56 Å². The summed E-state index contributed by atoms with van der Waals surface area (Å²) >= 11 is 0. The molecule has 0 heterocycles. The molecular weight excluding hydrogens is 276 g/mol. The Morgan fingerprint density at radius 3 is 2.52 bits per heavy atom. The molecular formula is C14H20N2O5. The summed E-state index contributed by atoms with van der Waals surface area (Å²) in [6.45, 7) is 0.0111. The summed E-state index contributed by atoms with van der Waals surface area (Å²) in [7, 11) is 1.73. The summed E-state index contributed by atoms with van der Waals surface area (Å²) in [6.07, 6.45) is -1.92. The van der Waals surface area contributed by atoms with E-state index in [1.54, 1.807) is 19.2 Å². The maximum absolute atomic E-state index is 11.9. The van der Waals surface area contributed by atoms with Crippen LogP contribution < -0.4 is 10.6 Å². The van der Waals surface area contributed by atoms with E-state index in [1.807, 2.05) is 0 Å². The third-order valence-electron chi connectivity index (χ3n) is 2.98. The normalized spacial score (nSPS) is 13.5. The van der Waals surface area contributed by atoms with Crippen LogP contribution in [-0.4, -0.2) is 53.4 Å². The number of carboxylic acid groups (broad SMARTS) is 1. The van der Waals surface area contributed by atoms with Gasteiger partial charge in [-0.05, 0) is 31.6 Å². The summed E-state index contributed by atoms with van der Waals surface area (Å²) in [5, 5.41) is 33.7. The first kappa shape index (κ1) is 17.1. The van der Waals surface area contributed by atoms with Gasteiger partial charge in [0.05, 0.1) is 6.10 Å². The van der Waals surface area contributed by atoms with E-state index in [0.717, 1.165) is 0 Å². The Labute approximate surface area is 122 Å². The van der Waals surface area contributed by atoms with Crippen molar-refractivity contribution in [1.82, 2.24) is 10.6 Å². The van der Waals surface area contributed by atoms with Gasteiger partial charge in [0.2, 0.25) is 0 Å². The first-order chi connectivity index (χ1) is 9.97. The average Bonchev–Trinajstić information content (AvgIpc) is 2.49. The monoisotopic (exact) mass is 296 g/mol. The molecule has 21 heavy (non-hydrogen) atoms. The van der Waals surface area contributed by atoms with Gasteiger partial charge in [-0.25, -0.2) is 0 Å². The minimum atomic E-state index is -1.22. The van der Waals surface area contributed by atoms with Crippen molar-refractivity contribution in [3.05, 3.63) is 35.4 Å². The number of aliphatic hydroxyl groups excluding tert-OH is 2. The molecule has 0 saturated carbocycles. The fourth-order valence-electron chi connectivity index (χ4n) is 1.87. The highest BCUT2D eigenvalue weighted by Crippen LogP contribution is 2.22. The molecule has 7 heteroatoms. The fraction of sp³-hybridized carbons (Fsp3) is 0.429. The second-order valence-electron chi connectivity index (χ2n) is 4.57. The van der Waals surface area contributed by atoms with Crippen molar-refractivity contribution < 1.29 is 24.9 Å². The Morgan fingerprint density at radius 2 is 1.90 bits per heavy atom. The Kier molecular flexibility index (Phi) is 6.80. The van der Waals surface area contributed by atoms with Crippen molar-refractivity contribution in [1.29, 1.82) is 0 Å². The molecule has 0 saturated heterocycles. The predicted octanol–water partition coefficient (Wildman–Crippen LogP) is -0.495. The number of aliphatic carboxylic acids is 1. The van der Waals surface area contributed by atoms with Crippen LogP contribution >= 0.6 is 0 Å². The quantitative estimate of drug-likeness (QED) is 0.441. The first-order valence-corrected chi connectivity index (χ1v) is 6.57. The predicted molar refractivity (Wildman–Crippen MR) is 75.9 cm³/mol. The molecule has 2 atom stereocenters. The molecule has 2 unspecified atom stereocenters. The molecule has 116 valence electrons. The van der Waals surface area contributed by atoms with E-state index in [-0.39, 0.29) is 11.1 Å². The lowest BCUT2D eigenvalue weighted by molar-refractivity contribution is -0.135. The second kappa shape index (κ2) is 8.35.